The molecular formula is C13H27N3O2S. The Morgan fingerprint density at radius 1 is 1.21 bits per heavy atom. The molecule has 0 bridgehead atoms. The topological polar surface area (TPSA) is 58.8 Å². The highest BCUT2D eigenvalue weighted by molar-refractivity contribution is 7.80. The number of carbonyl (C=O) groups is 1. The lowest BCUT2D eigenvalue weighted by atomic mass is 10.3. The first kappa shape index (κ1) is 18.3. The average Bonchev–Trinajstić information content (AvgIpc) is 2.32. The Balaban J connectivity index is 3.73. The van der Waals surface area contributed by atoms with Crippen LogP contribution in [0.25, 0.3) is 0 Å². The molecular weight excluding hydrogens is 262 g/mol. The van der Waals surface area contributed by atoms with Gasteiger partial charge in [0.25, 0.3) is 0 Å². The molecule has 0 heterocycles. The number of nitrogens with zero attached hydrogens (tertiary/aromatic N) is 2. The van der Waals surface area contributed by atoms with Crippen molar-refractivity contribution in [2.75, 3.05) is 40.3 Å². The van der Waals surface area contributed by atoms with Crippen molar-refractivity contribution < 1.29 is 9.53 Å². The van der Waals surface area contributed by atoms with Gasteiger partial charge in [0.2, 0.25) is 5.91 Å². The van der Waals surface area contributed by atoms with Crippen molar-refractivity contribution >= 4 is 23.1 Å². The number of rotatable bonds is 10. The Labute approximate surface area is 122 Å². The molecule has 0 saturated carbocycles. The molecule has 0 atom stereocenters. The minimum atomic E-state index is 0.118. The molecule has 6 heteroatoms. The maximum atomic E-state index is 11.8. The lowest BCUT2D eigenvalue weighted by Gasteiger charge is -2.20. The lowest BCUT2D eigenvalue weighted by molar-refractivity contribution is -0.130. The smallest absolute Gasteiger partial charge is 0.223 e. The van der Waals surface area contributed by atoms with Gasteiger partial charge in [-0.15, -0.1) is 0 Å². The first-order chi connectivity index (χ1) is 8.82. The lowest BCUT2D eigenvalue weighted by Crippen LogP contribution is -2.33. The number of nitrogens with two attached hydrogens (primary N) is 1. The number of ether oxygens (including phenoxy) is 1. The number of likely N-dealkylation sites (N-methyl/N-ethyl adjacent to an activating group) is 1. The van der Waals surface area contributed by atoms with E-state index in [2.05, 4.69) is 4.90 Å². The fourth-order valence-electron chi connectivity index (χ4n) is 1.44. The average molecular weight is 289 g/mol. The summed E-state index contributed by atoms with van der Waals surface area (Å²) in [6.07, 6.45) is 1.34. The number of thiocarbonyl (C=S) groups is 1. The summed E-state index contributed by atoms with van der Waals surface area (Å²) in [6, 6.07) is 0. The second kappa shape index (κ2) is 10.1. The molecule has 0 aliphatic carbocycles. The molecule has 112 valence electrons. The molecule has 1 amide bonds. The predicted octanol–water partition coefficient (Wildman–Crippen LogP) is 0.868. The highest BCUT2D eigenvalue weighted by Gasteiger charge is 2.10. The van der Waals surface area contributed by atoms with Gasteiger partial charge in [0.1, 0.15) is 0 Å². The summed E-state index contributed by atoms with van der Waals surface area (Å²) in [5.74, 6) is 0.118. The summed E-state index contributed by atoms with van der Waals surface area (Å²) >= 11 is 4.79. The Morgan fingerprint density at radius 3 is 2.37 bits per heavy atom. The van der Waals surface area contributed by atoms with Crippen LogP contribution in [0.5, 0.6) is 0 Å². The Bertz CT molecular complexity index is 285. The van der Waals surface area contributed by atoms with Crippen LogP contribution in [0.1, 0.15) is 26.7 Å². The van der Waals surface area contributed by atoms with Crippen LogP contribution >= 0.6 is 12.2 Å². The van der Waals surface area contributed by atoms with Gasteiger partial charge in [-0.1, -0.05) is 12.2 Å². The summed E-state index contributed by atoms with van der Waals surface area (Å²) in [5.41, 5.74) is 5.41. The van der Waals surface area contributed by atoms with Crippen molar-refractivity contribution in [2.45, 2.75) is 32.8 Å². The first-order valence-electron chi connectivity index (χ1n) is 6.65. The molecule has 0 fully saturated rings. The van der Waals surface area contributed by atoms with E-state index in [1.165, 1.54) is 0 Å². The van der Waals surface area contributed by atoms with Crippen molar-refractivity contribution in [3.63, 3.8) is 0 Å². The van der Waals surface area contributed by atoms with Gasteiger partial charge in [0, 0.05) is 39.5 Å². The molecule has 19 heavy (non-hydrogen) atoms. The van der Waals surface area contributed by atoms with Crippen LogP contribution in [0.2, 0.25) is 0 Å². The van der Waals surface area contributed by atoms with Crippen LogP contribution < -0.4 is 5.73 Å². The molecule has 2 N–H and O–H groups in total. The quantitative estimate of drug-likeness (QED) is 0.605. The number of carbonyl (C=O) groups excluding carboxylic acids is 1. The minimum Gasteiger partial charge on any atom is -0.393 e. The van der Waals surface area contributed by atoms with Gasteiger partial charge in [-0.05, 0) is 20.9 Å². The number of hydrogen-bond donors (Lipinski definition) is 1. The molecule has 0 aliphatic heterocycles. The third kappa shape index (κ3) is 10.9. The van der Waals surface area contributed by atoms with Gasteiger partial charge in [-0.25, -0.2) is 0 Å². The Morgan fingerprint density at radius 2 is 1.84 bits per heavy atom. The number of hydrogen-bond acceptors (Lipinski definition) is 4. The monoisotopic (exact) mass is 289 g/mol. The van der Waals surface area contributed by atoms with Crippen LogP contribution in [-0.4, -0.2) is 67.1 Å². The zero-order valence-electron chi connectivity index (χ0n) is 12.5. The maximum Gasteiger partial charge on any atom is 0.223 e. The van der Waals surface area contributed by atoms with Crippen molar-refractivity contribution in [1.29, 1.82) is 0 Å². The molecule has 0 unspecified atom stereocenters. The molecule has 0 aromatic carbocycles. The fraction of sp³-hybridized carbons (Fsp3) is 0.846. The van der Waals surface area contributed by atoms with Gasteiger partial charge >= 0.3 is 0 Å². The third-order valence-electron chi connectivity index (χ3n) is 2.75. The van der Waals surface area contributed by atoms with Crippen molar-refractivity contribution in [2.24, 2.45) is 5.73 Å². The third-order valence-corrected chi connectivity index (χ3v) is 2.96. The molecule has 0 rings (SSSR count). The largest absolute Gasteiger partial charge is 0.393 e. The zero-order chi connectivity index (χ0) is 14.8. The van der Waals surface area contributed by atoms with E-state index in [0.29, 0.717) is 31.0 Å². The van der Waals surface area contributed by atoms with Gasteiger partial charge in [0.05, 0.1) is 17.7 Å². The maximum absolute atomic E-state index is 11.8. The summed E-state index contributed by atoms with van der Waals surface area (Å²) in [4.78, 5) is 16.0. The minimum absolute atomic E-state index is 0.118. The highest BCUT2D eigenvalue weighted by Crippen LogP contribution is 1.96. The van der Waals surface area contributed by atoms with E-state index in [-0.39, 0.29) is 12.0 Å². The van der Waals surface area contributed by atoms with Gasteiger partial charge in [0.15, 0.2) is 0 Å². The molecule has 0 aliphatic rings. The highest BCUT2D eigenvalue weighted by atomic mass is 32.1. The van der Waals surface area contributed by atoms with E-state index in [1.54, 1.807) is 11.9 Å². The van der Waals surface area contributed by atoms with Crippen molar-refractivity contribution in [1.82, 2.24) is 9.80 Å². The molecule has 0 spiro atoms. The van der Waals surface area contributed by atoms with E-state index in [1.807, 2.05) is 20.9 Å². The van der Waals surface area contributed by atoms with Crippen LogP contribution in [0.15, 0.2) is 0 Å². The van der Waals surface area contributed by atoms with Gasteiger partial charge < -0.3 is 20.3 Å². The number of amides is 1. The van der Waals surface area contributed by atoms with E-state index in [9.17, 15) is 4.79 Å². The SMILES string of the molecule is CC(C)OCCN(C)CCC(=O)N(C)CCC(N)=S. The Hall–Kier alpha value is -0.720. The molecule has 0 radical (unpaired) electrons. The second-order valence-corrected chi connectivity index (χ2v) is 5.53. The summed E-state index contributed by atoms with van der Waals surface area (Å²) in [5, 5.41) is 0. The summed E-state index contributed by atoms with van der Waals surface area (Å²) in [7, 11) is 3.77. The van der Waals surface area contributed by atoms with Gasteiger partial charge in [-0.3, -0.25) is 4.79 Å². The van der Waals surface area contributed by atoms with Crippen LogP contribution in [-0.2, 0) is 9.53 Å². The van der Waals surface area contributed by atoms with Crippen LogP contribution in [0.3, 0.4) is 0 Å². The van der Waals surface area contributed by atoms with Crippen molar-refractivity contribution in [3.05, 3.63) is 0 Å². The standard InChI is InChI=1S/C13H27N3O2S/c1-11(2)18-10-9-15(3)7-6-13(17)16(4)8-5-12(14)19/h11H,5-10H2,1-4H3,(H2,14,19). The summed E-state index contributed by atoms with van der Waals surface area (Å²) in [6.45, 7) is 6.88. The molecule has 0 saturated heterocycles. The van der Waals surface area contributed by atoms with E-state index in [4.69, 9.17) is 22.7 Å². The predicted molar refractivity (Wildman–Crippen MR) is 82.2 cm³/mol. The van der Waals surface area contributed by atoms with E-state index < -0.39 is 0 Å². The molecule has 0 aromatic heterocycles. The van der Waals surface area contributed by atoms with E-state index in [0.717, 1.165) is 13.1 Å². The van der Waals surface area contributed by atoms with Crippen LogP contribution in [0, 0.1) is 0 Å². The molecule has 0 aromatic rings. The second-order valence-electron chi connectivity index (χ2n) is 5.00. The molecule has 5 nitrogen and oxygen atoms in total. The zero-order valence-corrected chi connectivity index (χ0v) is 13.3. The fourth-order valence-corrected chi connectivity index (χ4v) is 1.53. The van der Waals surface area contributed by atoms with E-state index >= 15 is 0 Å². The van der Waals surface area contributed by atoms with Crippen molar-refractivity contribution in [3.8, 4) is 0 Å². The first-order valence-corrected chi connectivity index (χ1v) is 7.06. The summed E-state index contributed by atoms with van der Waals surface area (Å²) < 4.78 is 5.47. The Kier molecular flexibility index (Phi) is 9.73. The normalized spacial score (nSPS) is 11.1. The van der Waals surface area contributed by atoms with Gasteiger partial charge in [-0.2, -0.15) is 0 Å². The van der Waals surface area contributed by atoms with Crippen LogP contribution in [0.4, 0.5) is 0 Å².